The van der Waals surface area contributed by atoms with Gasteiger partial charge >= 0.3 is 0 Å². The molecule has 0 aliphatic carbocycles. The van der Waals surface area contributed by atoms with Crippen LogP contribution in [0, 0.1) is 0 Å². The molecule has 0 unspecified atom stereocenters. The summed E-state index contributed by atoms with van der Waals surface area (Å²) in [5.74, 6) is 0.458. The van der Waals surface area contributed by atoms with Gasteiger partial charge in [0.25, 0.3) is 0 Å². The van der Waals surface area contributed by atoms with Crippen molar-refractivity contribution in [3.8, 4) is 0 Å². The third kappa shape index (κ3) is 2.21. The van der Waals surface area contributed by atoms with E-state index in [1.807, 2.05) is 31.3 Å². The number of nitrogens with zero attached hydrogens (tertiary/aromatic N) is 2. The van der Waals surface area contributed by atoms with Crippen LogP contribution < -0.4 is 0 Å². The predicted molar refractivity (Wildman–Crippen MR) is 71.8 cm³/mol. The zero-order valence-electron chi connectivity index (χ0n) is 11.3. The number of carbonyl (C=O) groups excluding carboxylic acids is 1. The van der Waals surface area contributed by atoms with Gasteiger partial charge in [-0.05, 0) is 11.0 Å². The van der Waals surface area contributed by atoms with Gasteiger partial charge in [0.2, 0.25) is 5.78 Å². The summed E-state index contributed by atoms with van der Waals surface area (Å²) < 4.78 is 1.75. The van der Waals surface area contributed by atoms with Gasteiger partial charge in [-0.25, -0.2) is 4.98 Å². The van der Waals surface area contributed by atoms with E-state index < -0.39 is 0 Å². The second-order valence-corrected chi connectivity index (χ2v) is 5.49. The molecular weight excluding hydrogens is 224 g/mol. The Labute approximate surface area is 107 Å². The minimum absolute atomic E-state index is 0.0203. The van der Waals surface area contributed by atoms with Crippen molar-refractivity contribution >= 4 is 5.78 Å². The molecule has 0 radical (unpaired) electrons. The number of hydrogen-bond acceptors (Lipinski definition) is 2. The smallest absolute Gasteiger partial charge is 0.228 e. The summed E-state index contributed by atoms with van der Waals surface area (Å²) in [5, 5.41) is 0. The van der Waals surface area contributed by atoms with Crippen LogP contribution in [0.2, 0.25) is 0 Å². The molecule has 0 saturated carbocycles. The number of rotatable bonds is 2. The van der Waals surface area contributed by atoms with Crippen LogP contribution in [0.5, 0.6) is 0 Å². The molecule has 3 heteroatoms. The number of benzene rings is 1. The van der Waals surface area contributed by atoms with Gasteiger partial charge in [-0.2, -0.15) is 0 Å². The van der Waals surface area contributed by atoms with Crippen molar-refractivity contribution in [1.82, 2.24) is 9.55 Å². The first-order valence-corrected chi connectivity index (χ1v) is 6.03. The fourth-order valence-corrected chi connectivity index (χ4v) is 2.04. The predicted octanol–water partition coefficient (Wildman–Crippen LogP) is 2.95. The average molecular weight is 242 g/mol. The Kier molecular flexibility index (Phi) is 3.07. The Morgan fingerprint density at radius 1 is 1.22 bits per heavy atom. The van der Waals surface area contributed by atoms with E-state index >= 15 is 0 Å². The summed E-state index contributed by atoms with van der Waals surface area (Å²) in [4.78, 5) is 16.6. The van der Waals surface area contributed by atoms with Gasteiger partial charge in [0, 0.05) is 25.0 Å². The lowest BCUT2D eigenvalue weighted by molar-refractivity contribution is 0.102. The van der Waals surface area contributed by atoms with Crippen molar-refractivity contribution in [3.63, 3.8) is 0 Å². The highest BCUT2D eigenvalue weighted by Crippen LogP contribution is 2.26. The Morgan fingerprint density at radius 2 is 1.89 bits per heavy atom. The Hall–Kier alpha value is -1.90. The van der Waals surface area contributed by atoms with Crippen LogP contribution in [0.3, 0.4) is 0 Å². The fraction of sp³-hybridized carbons (Fsp3) is 0.333. The maximum atomic E-state index is 12.5. The Balaban J connectivity index is 2.53. The van der Waals surface area contributed by atoms with Gasteiger partial charge in [-0.1, -0.05) is 45.0 Å². The summed E-state index contributed by atoms with van der Waals surface area (Å²) in [7, 11) is 1.83. The molecule has 0 saturated heterocycles. The van der Waals surface area contributed by atoms with Crippen LogP contribution in [0.1, 0.15) is 42.5 Å². The lowest BCUT2D eigenvalue weighted by Gasteiger charge is -2.22. The first kappa shape index (κ1) is 12.6. The molecule has 2 aromatic rings. The zero-order chi connectivity index (χ0) is 13.3. The summed E-state index contributed by atoms with van der Waals surface area (Å²) >= 11 is 0. The molecule has 1 aromatic heterocycles. The van der Waals surface area contributed by atoms with Crippen molar-refractivity contribution < 1.29 is 4.79 Å². The number of imidazole rings is 1. The van der Waals surface area contributed by atoms with E-state index in [0.717, 1.165) is 11.1 Å². The van der Waals surface area contributed by atoms with Crippen LogP contribution in [0.25, 0.3) is 0 Å². The monoisotopic (exact) mass is 242 g/mol. The lowest BCUT2D eigenvalue weighted by Crippen LogP contribution is -2.19. The van der Waals surface area contributed by atoms with E-state index in [2.05, 4.69) is 25.8 Å². The molecule has 1 heterocycles. The molecule has 0 atom stereocenters. The van der Waals surface area contributed by atoms with Crippen molar-refractivity contribution in [1.29, 1.82) is 0 Å². The first-order valence-electron chi connectivity index (χ1n) is 6.03. The van der Waals surface area contributed by atoms with E-state index in [1.54, 1.807) is 17.0 Å². The van der Waals surface area contributed by atoms with Gasteiger partial charge in [0.15, 0.2) is 5.82 Å². The largest absolute Gasteiger partial charge is 0.331 e. The van der Waals surface area contributed by atoms with Gasteiger partial charge in [0.05, 0.1) is 0 Å². The maximum absolute atomic E-state index is 12.5. The molecule has 1 aromatic carbocycles. The Morgan fingerprint density at radius 3 is 2.44 bits per heavy atom. The van der Waals surface area contributed by atoms with Crippen molar-refractivity contribution in [2.24, 2.45) is 7.05 Å². The minimum Gasteiger partial charge on any atom is -0.331 e. The zero-order valence-corrected chi connectivity index (χ0v) is 11.3. The molecule has 0 amide bonds. The van der Waals surface area contributed by atoms with Gasteiger partial charge in [0.1, 0.15) is 0 Å². The summed E-state index contributed by atoms with van der Waals surface area (Å²) in [5.41, 5.74) is 1.73. The lowest BCUT2D eigenvalue weighted by atomic mass is 9.82. The van der Waals surface area contributed by atoms with E-state index in [1.165, 1.54) is 0 Å². The second-order valence-electron chi connectivity index (χ2n) is 5.49. The minimum atomic E-state index is -0.0581. The molecule has 0 N–H and O–H groups in total. The molecule has 0 spiro atoms. The highest BCUT2D eigenvalue weighted by atomic mass is 16.1. The number of aryl methyl sites for hydroxylation is 1. The van der Waals surface area contributed by atoms with Gasteiger partial charge in [-0.15, -0.1) is 0 Å². The number of carbonyl (C=O) groups is 1. The Bertz CT molecular complexity index is 576. The normalized spacial score (nSPS) is 11.6. The maximum Gasteiger partial charge on any atom is 0.228 e. The number of ketones is 1. The second kappa shape index (κ2) is 4.41. The molecule has 18 heavy (non-hydrogen) atoms. The first-order chi connectivity index (χ1) is 8.41. The average Bonchev–Trinajstić information content (AvgIpc) is 2.73. The van der Waals surface area contributed by atoms with Crippen LogP contribution in [0.4, 0.5) is 0 Å². The van der Waals surface area contributed by atoms with E-state index in [9.17, 15) is 4.79 Å². The van der Waals surface area contributed by atoms with Crippen molar-refractivity contribution in [3.05, 3.63) is 53.6 Å². The van der Waals surface area contributed by atoms with E-state index in [4.69, 9.17) is 0 Å². The molecular formula is C15H18N2O. The van der Waals surface area contributed by atoms with Crippen LogP contribution in [-0.2, 0) is 12.5 Å². The van der Waals surface area contributed by atoms with Crippen LogP contribution in [-0.4, -0.2) is 15.3 Å². The van der Waals surface area contributed by atoms with E-state index in [0.29, 0.717) is 5.82 Å². The molecule has 2 rings (SSSR count). The highest BCUT2D eigenvalue weighted by molar-refractivity contribution is 6.07. The summed E-state index contributed by atoms with van der Waals surface area (Å²) in [6, 6.07) is 7.75. The molecule has 0 fully saturated rings. The standard InChI is InChI=1S/C15H18N2O/c1-15(2,3)12-8-6-5-7-11(12)13(18)14-16-9-10-17(14)4/h5-10H,1-4H3. The highest BCUT2D eigenvalue weighted by Gasteiger charge is 2.23. The van der Waals surface area contributed by atoms with Crippen molar-refractivity contribution in [2.45, 2.75) is 26.2 Å². The molecule has 3 nitrogen and oxygen atoms in total. The van der Waals surface area contributed by atoms with Gasteiger partial charge in [-0.3, -0.25) is 4.79 Å². The van der Waals surface area contributed by atoms with Gasteiger partial charge < -0.3 is 4.57 Å². The molecule has 94 valence electrons. The summed E-state index contributed by atoms with van der Waals surface area (Å²) in [6.45, 7) is 6.33. The number of hydrogen-bond donors (Lipinski definition) is 0. The molecule has 0 aliphatic rings. The quantitative estimate of drug-likeness (QED) is 0.759. The SMILES string of the molecule is Cn1ccnc1C(=O)c1ccccc1C(C)(C)C. The van der Waals surface area contributed by atoms with Crippen molar-refractivity contribution in [2.75, 3.05) is 0 Å². The topological polar surface area (TPSA) is 34.9 Å². The van der Waals surface area contributed by atoms with Crippen LogP contribution >= 0.6 is 0 Å². The van der Waals surface area contributed by atoms with Crippen LogP contribution in [0.15, 0.2) is 36.7 Å². The number of aromatic nitrogens is 2. The fourth-order valence-electron chi connectivity index (χ4n) is 2.04. The molecule has 0 aliphatic heterocycles. The summed E-state index contributed by atoms with van der Waals surface area (Å²) in [6.07, 6.45) is 3.43. The third-order valence-corrected chi connectivity index (χ3v) is 3.00. The molecule has 0 bridgehead atoms. The van der Waals surface area contributed by atoms with E-state index in [-0.39, 0.29) is 11.2 Å². The third-order valence-electron chi connectivity index (χ3n) is 3.00.